The summed E-state index contributed by atoms with van der Waals surface area (Å²) in [5, 5.41) is 10.5. The number of rotatable bonds is 0. The minimum absolute atomic E-state index is 0.00481. The Hall–Kier alpha value is -0.670. The van der Waals surface area contributed by atoms with Gasteiger partial charge >= 0.3 is 0 Å². The third kappa shape index (κ3) is 1.38. The van der Waals surface area contributed by atoms with Gasteiger partial charge in [-0.3, -0.25) is 9.69 Å². The monoisotopic (exact) mass is 261 g/mol. The van der Waals surface area contributed by atoms with Crippen molar-refractivity contribution in [2.45, 2.75) is 50.7 Å². The molecule has 1 saturated heterocycles. The molecular weight excluding hydrogens is 238 g/mol. The summed E-state index contributed by atoms with van der Waals surface area (Å²) >= 11 is 0. The Morgan fingerprint density at radius 3 is 3.11 bits per heavy atom. The number of carbonyl (C=O) groups is 1. The fraction of sp³-hybridized carbons (Fsp3) is 0.812. The molecule has 3 heteroatoms. The molecule has 1 spiro atoms. The largest absolute Gasteiger partial charge is 0.392 e. The molecule has 2 aliphatic heterocycles. The normalized spacial score (nSPS) is 49.6. The second-order valence-electron chi connectivity index (χ2n) is 7.00. The molecule has 0 aromatic carbocycles. The zero-order valence-corrected chi connectivity index (χ0v) is 11.6. The molecule has 104 valence electrons. The van der Waals surface area contributed by atoms with Gasteiger partial charge in [-0.2, -0.15) is 0 Å². The Morgan fingerprint density at radius 2 is 2.26 bits per heavy atom. The average molecular weight is 261 g/mol. The van der Waals surface area contributed by atoms with Crippen molar-refractivity contribution < 1.29 is 9.90 Å². The first-order valence-electron chi connectivity index (χ1n) is 7.81. The highest BCUT2D eigenvalue weighted by molar-refractivity contribution is 5.86. The van der Waals surface area contributed by atoms with Crippen LogP contribution in [0.15, 0.2) is 11.6 Å². The molecule has 1 N–H and O–H groups in total. The molecule has 3 fully saturated rings. The van der Waals surface area contributed by atoms with E-state index in [-0.39, 0.29) is 23.5 Å². The van der Waals surface area contributed by atoms with Crippen molar-refractivity contribution in [3.63, 3.8) is 0 Å². The lowest BCUT2D eigenvalue weighted by Crippen LogP contribution is -2.69. The predicted octanol–water partition coefficient (Wildman–Crippen LogP) is 1.76. The molecule has 0 amide bonds. The molecule has 0 aromatic heterocycles. The van der Waals surface area contributed by atoms with Crippen LogP contribution in [0.1, 0.15) is 39.0 Å². The van der Waals surface area contributed by atoms with Crippen molar-refractivity contribution in [3.05, 3.63) is 11.6 Å². The lowest BCUT2D eigenvalue weighted by molar-refractivity contribution is -0.147. The summed E-state index contributed by atoms with van der Waals surface area (Å²) in [4.78, 5) is 15.1. The van der Waals surface area contributed by atoms with E-state index in [1.165, 1.54) is 5.57 Å². The molecule has 2 bridgehead atoms. The number of aliphatic hydroxyl groups is 1. The molecule has 4 aliphatic rings. The summed E-state index contributed by atoms with van der Waals surface area (Å²) in [6, 6.07) is 0. The fourth-order valence-corrected chi connectivity index (χ4v) is 5.46. The van der Waals surface area contributed by atoms with Crippen molar-refractivity contribution >= 4 is 5.78 Å². The van der Waals surface area contributed by atoms with Gasteiger partial charge in [-0.1, -0.05) is 13.0 Å². The third-order valence-corrected chi connectivity index (χ3v) is 6.16. The van der Waals surface area contributed by atoms with Crippen LogP contribution in [-0.2, 0) is 4.79 Å². The number of piperidine rings is 1. The molecule has 3 nitrogen and oxygen atoms in total. The standard InChI is InChI=1S/C16H23NO2/c1-10-9-16-12-4-2-6-17(16)7-3-5-13(16)14(18)8-11(12)15(10)19/h4,10-11,13,15,19H,2-3,5-9H2,1H3/t10-,11-,13-,15+,16+/m0/s1. The third-order valence-electron chi connectivity index (χ3n) is 6.16. The number of nitrogens with zero attached hydrogens (tertiary/aromatic N) is 1. The first-order chi connectivity index (χ1) is 9.14. The molecule has 5 atom stereocenters. The number of aliphatic hydroxyl groups excluding tert-OH is 1. The second kappa shape index (κ2) is 3.92. The summed E-state index contributed by atoms with van der Waals surface area (Å²) in [6.45, 7) is 4.40. The van der Waals surface area contributed by atoms with E-state index in [0.29, 0.717) is 18.1 Å². The van der Waals surface area contributed by atoms with Crippen LogP contribution in [0, 0.1) is 17.8 Å². The van der Waals surface area contributed by atoms with Gasteiger partial charge in [0.2, 0.25) is 0 Å². The van der Waals surface area contributed by atoms with Crippen molar-refractivity contribution in [3.8, 4) is 0 Å². The lowest BCUT2D eigenvalue weighted by atomic mass is 9.51. The summed E-state index contributed by atoms with van der Waals surface area (Å²) < 4.78 is 0. The van der Waals surface area contributed by atoms with Gasteiger partial charge in [-0.05, 0) is 43.7 Å². The zero-order chi connectivity index (χ0) is 13.2. The predicted molar refractivity (Wildman–Crippen MR) is 72.6 cm³/mol. The van der Waals surface area contributed by atoms with E-state index in [1.807, 2.05) is 0 Å². The van der Waals surface area contributed by atoms with E-state index in [1.54, 1.807) is 0 Å². The van der Waals surface area contributed by atoms with Gasteiger partial charge in [0.05, 0.1) is 11.6 Å². The van der Waals surface area contributed by atoms with Crippen LogP contribution in [0.2, 0.25) is 0 Å². The van der Waals surface area contributed by atoms with Gasteiger partial charge in [0.1, 0.15) is 5.78 Å². The molecule has 0 unspecified atom stereocenters. The van der Waals surface area contributed by atoms with Gasteiger partial charge in [0.15, 0.2) is 0 Å². The van der Waals surface area contributed by atoms with E-state index in [4.69, 9.17) is 0 Å². The molecule has 2 saturated carbocycles. The highest BCUT2D eigenvalue weighted by Gasteiger charge is 2.61. The minimum atomic E-state index is -0.316. The molecule has 2 heterocycles. The first-order valence-corrected chi connectivity index (χ1v) is 7.81. The molecule has 0 radical (unpaired) electrons. The van der Waals surface area contributed by atoms with Gasteiger partial charge in [0.25, 0.3) is 0 Å². The van der Waals surface area contributed by atoms with Crippen LogP contribution in [0.4, 0.5) is 0 Å². The topological polar surface area (TPSA) is 40.5 Å². The maximum Gasteiger partial charge on any atom is 0.138 e. The Balaban J connectivity index is 1.89. The summed E-state index contributed by atoms with van der Waals surface area (Å²) in [6.07, 6.45) is 6.92. The number of ketones is 1. The molecule has 4 rings (SSSR count). The van der Waals surface area contributed by atoms with E-state index in [9.17, 15) is 9.90 Å². The number of hydrogen-bond acceptors (Lipinski definition) is 3. The quantitative estimate of drug-likeness (QED) is 0.675. The summed E-state index contributed by atoms with van der Waals surface area (Å²) in [5.41, 5.74) is 1.42. The van der Waals surface area contributed by atoms with E-state index in [0.717, 1.165) is 38.8 Å². The second-order valence-corrected chi connectivity index (χ2v) is 7.00. The Kier molecular flexibility index (Phi) is 2.50. The molecule has 0 aromatic rings. The van der Waals surface area contributed by atoms with Gasteiger partial charge in [0, 0.05) is 24.8 Å². The van der Waals surface area contributed by atoms with Crippen molar-refractivity contribution in [1.82, 2.24) is 4.90 Å². The molecular formula is C16H23NO2. The van der Waals surface area contributed by atoms with Crippen LogP contribution in [-0.4, -0.2) is 40.5 Å². The van der Waals surface area contributed by atoms with E-state index in [2.05, 4.69) is 17.9 Å². The Morgan fingerprint density at radius 1 is 1.42 bits per heavy atom. The highest BCUT2D eigenvalue weighted by atomic mass is 16.3. The Labute approximate surface area is 114 Å². The molecule has 19 heavy (non-hydrogen) atoms. The van der Waals surface area contributed by atoms with Gasteiger partial charge in [-0.25, -0.2) is 0 Å². The van der Waals surface area contributed by atoms with Crippen LogP contribution in [0.3, 0.4) is 0 Å². The number of Topliss-reactive ketones (excluding diaryl/α,β-unsaturated/α-hetero) is 1. The number of hydrogen-bond donors (Lipinski definition) is 1. The van der Waals surface area contributed by atoms with Crippen LogP contribution >= 0.6 is 0 Å². The van der Waals surface area contributed by atoms with Gasteiger partial charge < -0.3 is 5.11 Å². The van der Waals surface area contributed by atoms with Crippen molar-refractivity contribution in [2.24, 2.45) is 17.8 Å². The summed E-state index contributed by atoms with van der Waals surface area (Å²) in [5.74, 6) is 1.04. The SMILES string of the molecule is C[C@H]1C[C@]23C4=CCCN2CCC[C@H]3C(=O)C[C@@H]4[C@@H]1O. The minimum Gasteiger partial charge on any atom is -0.392 e. The van der Waals surface area contributed by atoms with E-state index < -0.39 is 0 Å². The van der Waals surface area contributed by atoms with Crippen molar-refractivity contribution in [2.75, 3.05) is 13.1 Å². The maximum atomic E-state index is 12.6. The molecule has 2 aliphatic carbocycles. The van der Waals surface area contributed by atoms with Crippen LogP contribution in [0.25, 0.3) is 0 Å². The average Bonchev–Trinajstić information content (AvgIpc) is 2.40. The highest BCUT2D eigenvalue weighted by Crippen LogP contribution is 2.57. The van der Waals surface area contributed by atoms with Crippen LogP contribution in [0.5, 0.6) is 0 Å². The zero-order valence-electron chi connectivity index (χ0n) is 11.6. The first kappa shape index (κ1) is 12.1. The smallest absolute Gasteiger partial charge is 0.138 e. The van der Waals surface area contributed by atoms with E-state index >= 15 is 0 Å². The Bertz CT molecular complexity index is 458. The van der Waals surface area contributed by atoms with Crippen molar-refractivity contribution in [1.29, 1.82) is 0 Å². The van der Waals surface area contributed by atoms with Gasteiger partial charge in [-0.15, -0.1) is 0 Å². The lowest BCUT2D eigenvalue weighted by Gasteiger charge is -2.63. The number of carbonyl (C=O) groups excluding carboxylic acids is 1. The van der Waals surface area contributed by atoms with Crippen LogP contribution < -0.4 is 0 Å². The summed E-state index contributed by atoms with van der Waals surface area (Å²) in [7, 11) is 0. The maximum absolute atomic E-state index is 12.6. The fourth-order valence-electron chi connectivity index (χ4n) is 5.46.